The Kier molecular flexibility index (Phi) is 6.01. The van der Waals surface area contributed by atoms with Crippen molar-refractivity contribution in [3.8, 4) is 0 Å². The van der Waals surface area contributed by atoms with Crippen molar-refractivity contribution in [2.45, 2.75) is 37.8 Å². The largest absolute Gasteiger partial charge is 0.396 e. The second-order valence-electron chi connectivity index (χ2n) is 3.96. The lowest BCUT2D eigenvalue weighted by Gasteiger charge is -2.25. The lowest BCUT2D eigenvalue weighted by atomic mass is 10.1. The summed E-state index contributed by atoms with van der Waals surface area (Å²) in [4.78, 5) is 2.35. The third-order valence-corrected chi connectivity index (χ3v) is 3.57. The molecular formula is C10H20BrNO2. The maximum Gasteiger partial charge on any atom is 0.0763 e. The molecular weight excluding hydrogens is 246 g/mol. The van der Waals surface area contributed by atoms with Gasteiger partial charge in [0, 0.05) is 24.5 Å². The van der Waals surface area contributed by atoms with Gasteiger partial charge in [-0.3, -0.25) is 4.90 Å². The van der Waals surface area contributed by atoms with Crippen LogP contribution in [0.25, 0.3) is 0 Å². The Morgan fingerprint density at radius 1 is 1.50 bits per heavy atom. The zero-order valence-corrected chi connectivity index (χ0v) is 10.1. The monoisotopic (exact) mass is 265 g/mol. The van der Waals surface area contributed by atoms with Crippen molar-refractivity contribution in [1.29, 1.82) is 0 Å². The van der Waals surface area contributed by atoms with Crippen LogP contribution in [0.3, 0.4) is 0 Å². The van der Waals surface area contributed by atoms with Crippen molar-refractivity contribution in [2.24, 2.45) is 0 Å². The molecule has 1 aliphatic heterocycles. The fourth-order valence-electron chi connectivity index (χ4n) is 2.11. The van der Waals surface area contributed by atoms with Crippen molar-refractivity contribution in [3.63, 3.8) is 0 Å². The minimum absolute atomic E-state index is 0.260. The lowest BCUT2D eigenvalue weighted by Crippen LogP contribution is -2.37. The summed E-state index contributed by atoms with van der Waals surface area (Å²) < 4.78 is 0. The Hall–Kier alpha value is 0.360. The van der Waals surface area contributed by atoms with Crippen LogP contribution in [0.2, 0.25) is 0 Å². The molecule has 0 aromatic heterocycles. The van der Waals surface area contributed by atoms with Crippen LogP contribution in [-0.4, -0.2) is 52.3 Å². The van der Waals surface area contributed by atoms with Crippen molar-refractivity contribution >= 4 is 15.9 Å². The second-order valence-corrected chi connectivity index (χ2v) is 4.61. The molecule has 2 atom stereocenters. The fourth-order valence-corrected chi connectivity index (χ4v) is 2.31. The summed E-state index contributed by atoms with van der Waals surface area (Å²) in [6, 6.07) is 0.579. The van der Waals surface area contributed by atoms with E-state index < -0.39 is 0 Å². The Morgan fingerprint density at radius 3 is 2.93 bits per heavy atom. The van der Waals surface area contributed by atoms with Gasteiger partial charge in [0.25, 0.3) is 0 Å². The summed E-state index contributed by atoms with van der Waals surface area (Å²) in [6.45, 7) is 2.15. The Morgan fingerprint density at radius 2 is 2.29 bits per heavy atom. The number of aliphatic hydroxyl groups is 2. The van der Waals surface area contributed by atoms with E-state index in [1.165, 1.54) is 12.8 Å². The standard InChI is InChI=1S/C10H20BrNO2/c11-7-10(14)8-12-5-1-3-9(12)4-2-6-13/h9-10,13-14H,1-8H2. The summed E-state index contributed by atoms with van der Waals surface area (Å²) in [5.74, 6) is 0. The van der Waals surface area contributed by atoms with E-state index in [4.69, 9.17) is 5.11 Å². The average Bonchev–Trinajstić information content (AvgIpc) is 2.62. The fraction of sp³-hybridized carbons (Fsp3) is 1.00. The van der Waals surface area contributed by atoms with Gasteiger partial charge in [0.05, 0.1) is 6.10 Å². The molecule has 0 aromatic rings. The van der Waals surface area contributed by atoms with Crippen LogP contribution in [0.4, 0.5) is 0 Å². The van der Waals surface area contributed by atoms with Gasteiger partial charge in [0.1, 0.15) is 0 Å². The first-order chi connectivity index (χ1) is 6.77. The van der Waals surface area contributed by atoms with E-state index in [2.05, 4.69) is 20.8 Å². The van der Waals surface area contributed by atoms with Crippen LogP contribution in [0.15, 0.2) is 0 Å². The maximum atomic E-state index is 9.52. The summed E-state index contributed by atoms with van der Waals surface area (Å²) in [7, 11) is 0. The molecule has 2 unspecified atom stereocenters. The quantitative estimate of drug-likeness (QED) is 0.704. The highest BCUT2D eigenvalue weighted by molar-refractivity contribution is 9.09. The number of rotatable bonds is 6. The van der Waals surface area contributed by atoms with Crippen molar-refractivity contribution < 1.29 is 10.2 Å². The first-order valence-corrected chi connectivity index (χ1v) is 6.49. The van der Waals surface area contributed by atoms with E-state index in [1.54, 1.807) is 0 Å². The molecule has 84 valence electrons. The molecule has 0 bridgehead atoms. The average molecular weight is 266 g/mol. The molecule has 1 heterocycles. The molecule has 1 aliphatic rings. The topological polar surface area (TPSA) is 43.7 Å². The third-order valence-electron chi connectivity index (χ3n) is 2.82. The number of nitrogens with zero attached hydrogens (tertiary/aromatic N) is 1. The second kappa shape index (κ2) is 6.77. The molecule has 0 aromatic carbocycles. The number of hydrogen-bond acceptors (Lipinski definition) is 3. The van der Waals surface area contributed by atoms with Gasteiger partial charge in [-0.25, -0.2) is 0 Å². The van der Waals surface area contributed by atoms with Gasteiger partial charge < -0.3 is 10.2 Å². The van der Waals surface area contributed by atoms with E-state index >= 15 is 0 Å². The van der Waals surface area contributed by atoms with Crippen LogP contribution < -0.4 is 0 Å². The highest BCUT2D eigenvalue weighted by atomic mass is 79.9. The summed E-state index contributed by atoms with van der Waals surface area (Å²) in [5.41, 5.74) is 0. The molecule has 0 saturated carbocycles. The number of aliphatic hydroxyl groups excluding tert-OH is 2. The smallest absolute Gasteiger partial charge is 0.0763 e. The molecule has 0 radical (unpaired) electrons. The van der Waals surface area contributed by atoms with E-state index in [0.29, 0.717) is 11.4 Å². The van der Waals surface area contributed by atoms with Crippen LogP contribution >= 0.6 is 15.9 Å². The van der Waals surface area contributed by atoms with Gasteiger partial charge in [-0.15, -0.1) is 0 Å². The van der Waals surface area contributed by atoms with Crippen LogP contribution in [0.1, 0.15) is 25.7 Å². The Bertz CT molecular complexity index is 157. The van der Waals surface area contributed by atoms with Gasteiger partial charge >= 0.3 is 0 Å². The van der Waals surface area contributed by atoms with E-state index in [1.807, 2.05) is 0 Å². The highest BCUT2D eigenvalue weighted by Crippen LogP contribution is 2.21. The van der Waals surface area contributed by atoms with Crippen LogP contribution in [0, 0.1) is 0 Å². The van der Waals surface area contributed by atoms with Gasteiger partial charge in [0.15, 0.2) is 0 Å². The Labute approximate surface area is 94.2 Å². The van der Waals surface area contributed by atoms with Crippen LogP contribution in [-0.2, 0) is 0 Å². The summed E-state index contributed by atoms with van der Waals surface area (Å²) >= 11 is 3.28. The molecule has 1 fully saturated rings. The first kappa shape index (κ1) is 12.4. The van der Waals surface area contributed by atoms with E-state index in [-0.39, 0.29) is 12.7 Å². The van der Waals surface area contributed by atoms with Crippen molar-refractivity contribution in [2.75, 3.05) is 25.0 Å². The third kappa shape index (κ3) is 3.85. The number of hydrogen-bond donors (Lipinski definition) is 2. The molecule has 4 heteroatoms. The molecule has 3 nitrogen and oxygen atoms in total. The summed E-state index contributed by atoms with van der Waals surface area (Å²) in [6.07, 6.45) is 4.13. The minimum Gasteiger partial charge on any atom is -0.396 e. The van der Waals surface area contributed by atoms with Gasteiger partial charge in [0.2, 0.25) is 0 Å². The molecule has 14 heavy (non-hydrogen) atoms. The lowest BCUT2D eigenvalue weighted by molar-refractivity contribution is 0.117. The minimum atomic E-state index is -0.260. The molecule has 0 spiro atoms. The zero-order valence-electron chi connectivity index (χ0n) is 8.53. The van der Waals surface area contributed by atoms with E-state index in [0.717, 1.165) is 25.9 Å². The maximum absolute atomic E-state index is 9.52. The van der Waals surface area contributed by atoms with Crippen LogP contribution in [0.5, 0.6) is 0 Å². The molecule has 1 saturated heterocycles. The van der Waals surface area contributed by atoms with Crippen molar-refractivity contribution in [1.82, 2.24) is 4.90 Å². The number of halogens is 1. The number of likely N-dealkylation sites (tertiary alicyclic amines) is 1. The molecule has 1 rings (SSSR count). The Balaban J connectivity index is 2.27. The van der Waals surface area contributed by atoms with Crippen molar-refractivity contribution in [3.05, 3.63) is 0 Å². The predicted molar refractivity (Wildman–Crippen MR) is 60.7 cm³/mol. The van der Waals surface area contributed by atoms with Gasteiger partial charge in [-0.1, -0.05) is 15.9 Å². The van der Waals surface area contributed by atoms with Gasteiger partial charge in [-0.05, 0) is 32.2 Å². The number of alkyl halides is 1. The highest BCUT2D eigenvalue weighted by Gasteiger charge is 2.25. The summed E-state index contributed by atoms with van der Waals surface area (Å²) in [5, 5.41) is 18.9. The van der Waals surface area contributed by atoms with E-state index in [9.17, 15) is 5.11 Å². The normalized spacial score (nSPS) is 25.5. The number of β-amino-alcohol motifs (C(OH)–C–C–N with tert-alkyl or cyclic N) is 1. The molecule has 2 N–H and O–H groups in total. The van der Waals surface area contributed by atoms with Gasteiger partial charge in [-0.2, -0.15) is 0 Å². The SMILES string of the molecule is OCCCC1CCCN1CC(O)CBr. The zero-order chi connectivity index (χ0) is 10.4. The molecule has 0 amide bonds. The first-order valence-electron chi connectivity index (χ1n) is 5.37. The molecule has 0 aliphatic carbocycles. The predicted octanol–water partition coefficient (Wildman–Crippen LogP) is 0.979.